The van der Waals surface area contributed by atoms with E-state index in [-0.39, 0.29) is 10.6 Å². The lowest BCUT2D eigenvalue weighted by atomic mass is 10.1. The van der Waals surface area contributed by atoms with Crippen LogP contribution < -0.4 is 0 Å². The Balaban J connectivity index is 1.79. The van der Waals surface area contributed by atoms with Crippen molar-refractivity contribution in [2.45, 2.75) is 31.6 Å². The molecule has 0 unspecified atom stereocenters. The highest BCUT2D eigenvalue weighted by atomic mass is 32.2. The lowest BCUT2D eigenvalue weighted by Gasteiger charge is -2.15. The Morgan fingerprint density at radius 1 is 0.920 bits per heavy atom. The molecule has 0 spiro atoms. The van der Waals surface area contributed by atoms with Gasteiger partial charge in [0.2, 0.25) is 10.0 Å². The van der Waals surface area contributed by atoms with Crippen LogP contribution in [0.1, 0.15) is 24.0 Å². The SMILES string of the molecule is Cc1cc(/N=N/c2ccc(S(=O)(=O)N3CCCC3)cc2)cc(C)c1O. The molecule has 1 aliphatic heterocycles. The first-order valence-corrected chi connectivity index (χ1v) is 9.64. The predicted octanol–water partition coefficient (Wildman–Crippen LogP) is 4.21. The van der Waals surface area contributed by atoms with Crippen LogP contribution in [-0.4, -0.2) is 30.9 Å². The number of rotatable bonds is 4. The molecule has 2 aromatic carbocycles. The van der Waals surface area contributed by atoms with E-state index >= 15 is 0 Å². The van der Waals surface area contributed by atoms with Gasteiger partial charge < -0.3 is 5.11 Å². The van der Waals surface area contributed by atoms with E-state index in [1.807, 2.05) is 0 Å². The van der Waals surface area contributed by atoms with Crippen molar-refractivity contribution in [3.05, 3.63) is 47.5 Å². The van der Waals surface area contributed by atoms with Crippen molar-refractivity contribution in [1.29, 1.82) is 0 Å². The highest BCUT2D eigenvalue weighted by Gasteiger charge is 2.26. The van der Waals surface area contributed by atoms with Gasteiger partial charge in [0, 0.05) is 13.1 Å². The third-order valence-electron chi connectivity index (χ3n) is 4.30. The summed E-state index contributed by atoms with van der Waals surface area (Å²) in [6.45, 7) is 4.78. The van der Waals surface area contributed by atoms with Crippen LogP contribution in [-0.2, 0) is 10.0 Å². The van der Waals surface area contributed by atoms with Gasteiger partial charge in [0.25, 0.3) is 0 Å². The zero-order valence-corrected chi connectivity index (χ0v) is 15.1. The average Bonchev–Trinajstić information content (AvgIpc) is 3.13. The number of aromatic hydroxyl groups is 1. The highest BCUT2D eigenvalue weighted by molar-refractivity contribution is 7.89. The van der Waals surface area contributed by atoms with E-state index in [0.29, 0.717) is 24.5 Å². The van der Waals surface area contributed by atoms with Gasteiger partial charge in [0.15, 0.2) is 0 Å². The third kappa shape index (κ3) is 3.72. The van der Waals surface area contributed by atoms with Gasteiger partial charge in [0.1, 0.15) is 5.75 Å². The minimum atomic E-state index is -3.41. The Kier molecular flexibility index (Phi) is 4.87. The van der Waals surface area contributed by atoms with Crippen LogP contribution >= 0.6 is 0 Å². The third-order valence-corrected chi connectivity index (χ3v) is 6.21. The largest absolute Gasteiger partial charge is 0.507 e. The molecule has 0 radical (unpaired) electrons. The van der Waals surface area contributed by atoms with Crippen molar-refractivity contribution in [3.8, 4) is 5.75 Å². The number of hydrogen-bond donors (Lipinski definition) is 1. The maximum Gasteiger partial charge on any atom is 0.243 e. The number of sulfonamides is 1. The average molecular weight is 359 g/mol. The Bertz CT molecular complexity index is 877. The predicted molar refractivity (Wildman–Crippen MR) is 96.2 cm³/mol. The molecule has 1 fully saturated rings. The monoisotopic (exact) mass is 359 g/mol. The zero-order chi connectivity index (χ0) is 18.0. The molecule has 1 heterocycles. The second-order valence-corrected chi connectivity index (χ2v) is 8.17. The highest BCUT2D eigenvalue weighted by Crippen LogP contribution is 2.29. The van der Waals surface area contributed by atoms with Gasteiger partial charge in [0.05, 0.1) is 16.3 Å². The van der Waals surface area contributed by atoms with Gasteiger partial charge in [-0.05, 0) is 74.2 Å². The van der Waals surface area contributed by atoms with Crippen LogP contribution in [0.4, 0.5) is 11.4 Å². The summed E-state index contributed by atoms with van der Waals surface area (Å²) in [5.41, 5.74) is 2.69. The summed E-state index contributed by atoms with van der Waals surface area (Å²) in [5, 5.41) is 18.1. The number of aryl methyl sites for hydroxylation is 2. The number of benzene rings is 2. The van der Waals surface area contributed by atoms with Crippen LogP contribution in [0.25, 0.3) is 0 Å². The zero-order valence-electron chi connectivity index (χ0n) is 14.3. The van der Waals surface area contributed by atoms with Crippen molar-refractivity contribution >= 4 is 21.4 Å². The van der Waals surface area contributed by atoms with E-state index in [2.05, 4.69) is 10.2 Å². The molecule has 0 bridgehead atoms. The molecular weight excluding hydrogens is 338 g/mol. The Labute approximate surface area is 147 Å². The normalized spacial score (nSPS) is 15.9. The fourth-order valence-corrected chi connectivity index (χ4v) is 4.39. The van der Waals surface area contributed by atoms with E-state index in [9.17, 15) is 13.5 Å². The molecule has 1 aliphatic rings. The minimum Gasteiger partial charge on any atom is -0.507 e. The van der Waals surface area contributed by atoms with E-state index in [1.165, 1.54) is 4.31 Å². The molecule has 1 saturated heterocycles. The molecule has 132 valence electrons. The standard InChI is InChI=1S/C18H21N3O3S/c1-13-11-16(12-14(2)18(13)22)20-19-15-5-7-17(8-6-15)25(23,24)21-9-3-4-10-21/h5-8,11-12,22H,3-4,9-10H2,1-2H3/b20-19+. The number of hydrogen-bond acceptors (Lipinski definition) is 5. The van der Waals surface area contributed by atoms with Crippen LogP contribution in [0.2, 0.25) is 0 Å². The summed E-state index contributed by atoms with van der Waals surface area (Å²) in [6, 6.07) is 9.92. The first-order valence-electron chi connectivity index (χ1n) is 8.20. The van der Waals surface area contributed by atoms with Gasteiger partial charge >= 0.3 is 0 Å². The van der Waals surface area contributed by atoms with E-state index in [0.717, 1.165) is 24.0 Å². The van der Waals surface area contributed by atoms with Crippen LogP contribution in [0.15, 0.2) is 51.5 Å². The molecule has 0 aliphatic carbocycles. The molecule has 0 saturated carbocycles. The molecule has 0 atom stereocenters. The summed E-state index contributed by atoms with van der Waals surface area (Å²) in [6.07, 6.45) is 1.83. The molecular formula is C18H21N3O3S. The first kappa shape index (κ1) is 17.6. The van der Waals surface area contributed by atoms with Gasteiger partial charge in [-0.2, -0.15) is 14.5 Å². The Morgan fingerprint density at radius 2 is 1.44 bits per heavy atom. The molecule has 25 heavy (non-hydrogen) atoms. The molecule has 2 aromatic rings. The fraction of sp³-hybridized carbons (Fsp3) is 0.333. The van der Waals surface area contributed by atoms with Crippen LogP contribution in [0.5, 0.6) is 5.75 Å². The summed E-state index contributed by atoms with van der Waals surface area (Å²) in [4.78, 5) is 0.282. The summed E-state index contributed by atoms with van der Waals surface area (Å²) in [5.74, 6) is 0.260. The van der Waals surface area contributed by atoms with Gasteiger partial charge in [-0.25, -0.2) is 8.42 Å². The van der Waals surface area contributed by atoms with E-state index < -0.39 is 10.0 Å². The van der Waals surface area contributed by atoms with Gasteiger partial charge in [-0.1, -0.05) is 0 Å². The molecule has 3 rings (SSSR count). The van der Waals surface area contributed by atoms with Crippen molar-refractivity contribution < 1.29 is 13.5 Å². The summed E-state index contributed by atoms with van der Waals surface area (Å²) < 4.78 is 26.5. The number of nitrogens with zero attached hydrogens (tertiary/aromatic N) is 3. The number of phenolic OH excluding ortho intramolecular Hbond substituents is 1. The van der Waals surface area contributed by atoms with Crippen molar-refractivity contribution in [2.75, 3.05) is 13.1 Å². The van der Waals surface area contributed by atoms with Gasteiger partial charge in [-0.3, -0.25) is 0 Å². The van der Waals surface area contributed by atoms with Crippen molar-refractivity contribution in [2.24, 2.45) is 10.2 Å². The second kappa shape index (κ2) is 6.93. The molecule has 6 nitrogen and oxygen atoms in total. The van der Waals surface area contributed by atoms with E-state index in [1.54, 1.807) is 50.2 Å². The Morgan fingerprint density at radius 3 is 2.00 bits per heavy atom. The molecule has 7 heteroatoms. The molecule has 0 amide bonds. The van der Waals surface area contributed by atoms with Crippen LogP contribution in [0.3, 0.4) is 0 Å². The maximum atomic E-state index is 12.5. The van der Waals surface area contributed by atoms with Crippen molar-refractivity contribution in [3.63, 3.8) is 0 Å². The first-order chi connectivity index (χ1) is 11.9. The topological polar surface area (TPSA) is 82.3 Å². The summed E-state index contributed by atoms with van der Waals surface area (Å²) in [7, 11) is -3.41. The van der Waals surface area contributed by atoms with E-state index in [4.69, 9.17) is 0 Å². The quantitative estimate of drug-likeness (QED) is 0.830. The molecule has 1 N–H and O–H groups in total. The van der Waals surface area contributed by atoms with Crippen LogP contribution in [0, 0.1) is 13.8 Å². The lowest BCUT2D eigenvalue weighted by Crippen LogP contribution is -2.27. The number of phenols is 1. The maximum absolute atomic E-state index is 12.5. The molecule has 0 aromatic heterocycles. The number of azo groups is 1. The Hall–Kier alpha value is -2.25. The smallest absolute Gasteiger partial charge is 0.243 e. The second-order valence-electron chi connectivity index (χ2n) is 6.23. The van der Waals surface area contributed by atoms with Crippen molar-refractivity contribution in [1.82, 2.24) is 4.31 Å². The minimum absolute atomic E-state index is 0.260. The lowest BCUT2D eigenvalue weighted by molar-refractivity contribution is 0.467. The fourth-order valence-electron chi connectivity index (χ4n) is 2.87. The summed E-state index contributed by atoms with van der Waals surface area (Å²) >= 11 is 0. The van der Waals surface area contributed by atoms with Gasteiger partial charge in [-0.15, -0.1) is 0 Å².